The van der Waals surface area contributed by atoms with Gasteiger partial charge < -0.3 is 4.90 Å². The molecule has 0 saturated heterocycles. The first-order valence-electron chi connectivity index (χ1n) is 8.88. The van der Waals surface area contributed by atoms with E-state index < -0.39 is 0 Å². The van der Waals surface area contributed by atoms with Crippen LogP contribution in [-0.2, 0) is 0 Å². The fraction of sp³-hybridized carbons (Fsp3) is 0.130. The van der Waals surface area contributed by atoms with Crippen molar-refractivity contribution in [3.05, 3.63) is 102 Å². The molecular formula is C23H23N3. The van der Waals surface area contributed by atoms with Gasteiger partial charge in [0.1, 0.15) is 0 Å². The van der Waals surface area contributed by atoms with E-state index in [1.54, 1.807) is 0 Å². The molecule has 1 unspecified atom stereocenters. The van der Waals surface area contributed by atoms with E-state index in [4.69, 9.17) is 0 Å². The summed E-state index contributed by atoms with van der Waals surface area (Å²) in [6, 6.07) is 29.9. The molecule has 1 aliphatic rings. The number of nitrogens with one attached hydrogen (secondary N) is 1. The fourth-order valence-electron chi connectivity index (χ4n) is 3.28. The Balaban J connectivity index is 1.70. The Labute approximate surface area is 155 Å². The van der Waals surface area contributed by atoms with Gasteiger partial charge >= 0.3 is 0 Å². The highest BCUT2D eigenvalue weighted by molar-refractivity contribution is 5.73. The average Bonchev–Trinajstić information content (AvgIpc) is 3.15. The van der Waals surface area contributed by atoms with Gasteiger partial charge in [-0.15, -0.1) is 0 Å². The molecule has 1 heterocycles. The Kier molecular flexibility index (Phi) is 4.36. The second kappa shape index (κ2) is 6.96. The van der Waals surface area contributed by atoms with Crippen LogP contribution in [0.1, 0.15) is 17.2 Å². The maximum atomic E-state index is 3.60. The third kappa shape index (κ3) is 3.16. The minimum atomic E-state index is 0.155. The highest BCUT2D eigenvalue weighted by Crippen LogP contribution is 2.35. The van der Waals surface area contributed by atoms with Crippen LogP contribution in [0.15, 0.2) is 91.0 Å². The maximum Gasteiger partial charge on any atom is 0.0958 e. The van der Waals surface area contributed by atoms with Crippen LogP contribution in [-0.4, -0.2) is 14.1 Å². The van der Waals surface area contributed by atoms with Crippen LogP contribution in [0.3, 0.4) is 0 Å². The third-order valence-electron chi connectivity index (χ3n) is 4.71. The van der Waals surface area contributed by atoms with Crippen LogP contribution >= 0.6 is 0 Å². The predicted molar refractivity (Wildman–Crippen MR) is 110 cm³/mol. The minimum Gasteiger partial charge on any atom is -0.378 e. The van der Waals surface area contributed by atoms with E-state index in [1.165, 1.54) is 16.8 Å². The highest BCUT2D eigenvalue weighted by atomic mass is 15.5. The number of para-hydroxylation sites is 1. The predicted octanol–water partition coefficient (Wildman–Crippen LogP) is 4.86. The zero-order valence-corrected chi connectivity index (χ0v) is 15.1. The lowest BCUT2D eigenvalue weighted by atomic mass is 10.0. The van der Waals surface area contributed by atoms with Gasteiger partial charge in [-0.3, -0.25) is 10.4 Å². The van der Waals surface area contributed by atoms with Gasteiger partial charge in [-0.05, 0) is 41.5 Å². The Hall–Kier alpha value is -3.20. The van der Waals surface area contributed by atoms with Crippen molar-refractivity contribution < 1.29 is 0 Å². The number of hydrogen-bond acceptors (Lipinski definition) is 3. The van der Waals surface area contributed by atoms with Crippen molar-refractivity contribution >= 4 is 17.1 Å². The monoisotopic (exact) mass is 341 g/mol. The van der Waals surface area contributed by atoms with Crippen LogP contribution in [0.2, 0.25) is 0 Å². The van der Waals surface area contributed by atoms with E-state index in [0.29, 0.717) is 0 Å². The molecule has 1 N–H and O–H groups in total. The first-order valence-corrected chi connectivity index (χ1v) is 8.88. The van der Waals surface area contributed by atoms with Crippen molar-refractivity contribution in [2.24, 2.45) is 0 Å². The molecule has 3 aromatic carbocycles. The summed E-state index contributed by atoms with van der Waals surface area (Å²) in [4.78, 5) is 2.11. The van der Waals surface area contributed by atoms with E-state index in [1.807, 2.05) is 6.07 Å². The van der Waals surface area contributed by atoms with Crippen LogP contribution in [0.25, 0.3) is 5.70 Å². The summed E-state index contributed by atoms with van der Waals surface area (Å²) in [6.45, 7) is 0. The highest BCUT2D eigenvalue weighted by Gasteiger charge is 2.26. The van der Waals surface area contributed by atoms with Crippen molar-refractivity contribution in [1.82, 2.24) is 5.43 Å². The van der Waals surface area contributed by atoms with E-state index in [9.17, 15) is 0 Å². The third-order valence-corrected chi connectivity index (χ3v) is 4.71. The molecule has 4 rings (SSSR count). The molecule has 3 nitrogen and oxygen atoms in total. The summed E-state index contributed by atoms with van der Waals surface area (Å²) < 4.78 is 0. The van der Waals surface area contributed by atoms with Crippen molar-refractivity contribution in [2.45, 2.75) is 6.04 Å². The molecule has 0 amide bonds. The van der Waals surface area contributed by atoms with Gasteiger partial charge in [0.15, 0.2) is 0 Å². The second-order valence-corrected chi connectivity index (χ2v) is 6.69. The standard InChI is InChI=1S/C23H23N3/c1-25(2)20-15-13-18(14-16-20)22-17-23(19-9-5-3-6-10-19)26(24-22)21-11-7-4-8-12-21/h3-17,23-24H,1-2H3. The normalized spacial score (nSPS) is 16.2. The average molecular weight is 341 g/mol. The van der Waals surface area contributed by atoms with E-state index in [0.717, 1.165) is 11.4 Å². The molecule has 130 valence electrons. The molecular weight excluding hydrogens is 318 g/mol. The summed E-state index contributed by atoms with van der Waals surface area (Å²) in [5, 5.41) is 2.23. The minimum absolute atomic E-state index is 0.155. The lowest BCUT2D eigenvalue weighted by Gasteiger charge is -2.27. The fourth-order valence-corrected chi connectivity index (χ4v) is 3.28. The lowest BCUT2D eigenvalue weighted by molar-refractivity contribution is 0.724. The van der Waals surface area contributed by atoms with Crippen LogP contribution in [0, 0.1) is 0 Å². The largest absolute Gasteiger partial charge is 0.378 e. The quantitative estimate of drug-likeness (QED) is 0.731. The van der Waals surface area contributed by atoms with E-state index in [2.05, 4.69) is 114 Å². The van der Waals surface area contributed by atoms with Gasteiger partial charge in [0.25, 0.3) is 0 Å². The van der Waals surface area contributed by atoms with E-state index >= 15 is 0 Å². The Morgan fingerprint density at radius 2 is 1.38 bits per heavy atom. The first-order chi connectivity index (χ1) is 12.7. The molecule has 1 atom stereocenters. The van der Waals surface area contributed by atoms with Crippen molar-refractivity contribution in [3.8, 4) is 0 Å². The number of hydrogen-bond donors (Lipinski definition) is 1. The summed E-state index contributed by atoms with van der Waals surface area (Å²) in [5.74, 6) is 0. The lowest BCUT2D eigenvalue weighted by Crippen LogP contribution is -2.33. The topological polar surface area (TPSA) is 18.5 Å². The number of benzene rings is 3. The second-order valence-electron chi connectivity index (χ2n) is 6.69. The molecule has 0 saturated carbocycles. The number of nitrogens with zero attached hydrogens (tertiary/aromatic N) is 2. The van der Waals surface area contributed by atoms with Crippen molar-refractivity contribution in [3.63, 3.8) is 0 Å². The van der Waals surface area contributed by atoms with Crippen LogP contribution in [0.5, 0.6) is 0 Å². The van der Waals surface area contributed by atoms with Gasteiger partial charge in [0.05, 0.1) is 17.4 Å². The Bertz CT molecular complexity index is 884. The SMILES string of the molecule is CN(C)c1ccc(C2=CC(c3ccccc3)N(c3ccccc3)N2)cc1. The van der Waals surface area contributed by atoms with Crippen LogP contribution < -0.4 is 15.3 Å². The van der Waals surface area contributed by atoms with Gasteiger partial charge in [-0.1, -0.05) is 60.7 Å². The Morgan fingerprint density at radius 3 is 2.00 bits per heavy atom. The van der Waals surface area contributed by atoms with Gasteiger partial charge in [-0.25, -0.2) is 0 Å². The molecule has 0 spiro atoms. The Morgan fingerprint density at radius 1 is 0.769 bits per heavy atom. The van der Waals surface area contributed by atoms with Gasteiger partial charge in [0, 0.05) is 19.8 Å². The number of hydrazine groups is 1. The molecule has 3 heteroatoms. The van der Waals surface area contributed by atoms with Crippen LogP contribution in [0.4, 0.5) is 11.4 Å². The number of anilines is 2. The zero-order chi connectivity index (χ0) is 17.9. The zero-order valence-electron chi connectivity index (χ0n) is 15.1. The summed E-state index contributed by atoms with van der Waals surface area (Å²) >= 11 is 0. The summed E-state index contributed by atoms with van der Waals surface area (Å²) in [7, 11) is 4.12. The van der Waals surface area contributed by atoms with E-state index in [-0.39, 0.29) is 6.04 Å². The molecule has 0 aromatic heterocycles. The van der Waals surface area contributed by atoms with Crippen molar-refractivity contribution in [2.75, 3.05) is 24.0 Å². The summed E-state index contributed by atoms with van der Waals surface area (Å²) in [5.41, 5.74) is 9.54. The first kappa shape index (κ1) is 16.3. The molecule has 3 aromatic rings. The molecule has 0 radical (unpaired) electrons. The molecule has 26 heavy (non-hydrogen) atoms. The summed E-state index contributed by atoms with van der Waals surface area (Å²) in [6.07, 6.45) is 2.30. The smallest absolute Gasteiger partial charge is 0.0958 e. The van der Waals surface area contributed by atoms with Crippen molar-refractivity contribution in [1.29, 1.82) is 0 Å². The number of rotatable bonds is 4. The van der Waals surface area contributed by atoms with Gasteiger partial charge in [0.2, 0.25) is 0 Å². The maximum absolute atomic E-state index is 3.60. The molecule has 0 fully saturated rings. The van der Waals surface area contributed by atoms with Gasteiger partial charge in [-0.2, -0.15) is 0 Å². The molecule has 1 aliphatic heterocycles. The molecule has 0 bridgehead atoms. The molecule has 0 aliphatic carbocycles.